The number of fused-ring (bicyclic) bond motifs is 6. The zero-order valence-electron chi connectivity index (χ0n) is 41.8. The van der Waals surface area contributed by atoms with Crippen LogP contribution in [0.15, 0.2) is 264 Å². The van der Waals surface area contributed by atoms with Gasteiger partial charge in [-0.1, -0.05) is 193 Å². The van der Waals surface area contributed by atoms with Gasteiger partial charge in [0.2, 0.25) is 0 Å². The molecule has 1 fully saturated rings. The van der Waals surface area contributed by atoms with E-state index in [1.165, 1.54) is 0 Å². The van der Waals surface area contributed by atoms with Crippen molar-refractivity contribution in [1.82, 2.24) is 14.6 Å². The second-order valence-electron chi connectivity index (χ2n) is 19.6. The van der Waals surface area contributed by atoms with Gasteiger partial charge in [0, 0.05) is 39.4 Å². The summed E-state index contributed by atoms with van der Waals surface area (Å²) in [7, 11) is -1.42. The molecule has 0 unspecified atom stereocenters. The van der Waals surface area contributed by atoms with E-state index >= 15 is 0 Å². The first-order chi connectivity index (χ1) is 37.0. The Labute approximate surface area is 438 Å². The highest BCUT2D eigenvalue weighted by atomic mass is 15.9. The van der Waals surface area contributed by atoms with E-state index in [1.807, 2.05) is 0 Å². The number of hydrogen-bond donors (Lipinski definition) is 0. The van der Waals surface area contributed by atoms with Crippen molar-refractivity contribution in [2.75, 3.05) is 29.4 Å². The lowest BCUT2D eigenvalue weighted by Gasteiger charge is -2.69. The molecule has 5 aliphatic rings. The standard InChI is InChI=1S/C60H50B3N12/c1-45-33-39-48(40-34-45)58-64-70(53-25-13-6-14-26-53)61-68(58)62-71(54-27-15-7-16-28-54)65-59(49-41-35-46(2)36-42-49)72(62)74-57-32-20-19-31-56(57)67(51-21-9-4-10-22-51)75-60(50-43-37-47(3)38-44-50)66-73(55-29-17-8-18-30-55)63(74,75)69(61)52-23-11-5-12-24-52/h4-44H,1-3H3/q-1/t63-/m1/s1. The molecule has 5 aliphatic heterocycles. The second kappa shape index (κ2) is 17.6. The number of aryl methyl sites for hydroxylation is 3. The Morgan fingerprint density at radius 2 is 0.733 bits per heavy atom. The van der Waals surface area contributed by atoms with Crippen LogP contribution in [0.2, 0.25) is 0 Å². The second-order valence-corrected chi connectivity index (χ2v) is 19.6. The van der Waals surface area contributed by atoms with Gasteiger partial charge in [-0.25, -0.2) is 0 Å². The van der Waals surface area contributed by atoms with Crippen LogP contribution in [0.25, 0.3) is 0 Å². The predicted molar refractivity (Wildman–Crippen MR) is 309 cm³/mol. The van der Waals surface area contributed by atoms with Crippen molar-refractivity contribution in [1.29, 1.82) is 0 Å². The number of para-hydroxylation sites is 7. The fraction of sp³-hybridized carbons (Fsp3) is 0.0500. The van der Waals surface area contributed by atoms with Crippen molar-refractivity contribution in [3.8, 4) is 0 Å². The lowest BCUT2D eigenvalue weighted by atomic mass is 9.57. The minimum atomic E-state index is -2.77. The summed E-state index contributed by atoms with van der Waals surface area (Å²) in [4.78, 5) is 14.2. The van der Waals surface area contributed by atoms with Crippen LogP contribution in [0.3, 0.4) is 0 Å². The van der Waals surface area contributed by atoms with Crippen molar-refractivity contribution in [3.05, 3.63) is 282 Å². The van der Waals surface area contributed by atoms with E-state index in [0.717, 1.165) is 90.7 Å². The van der Waals surface area contributed by atoms with Crippen LogP contribution in [-0.4, -0.2) is 53.0 Å². The van der Waals surface area contributed by atoms with Crippen molar-refractivity contribution >= 4 is 78.2 Å². The molecule has 9 aromatic carbocycles. The molecule has 75 heavy (non-hydrogen) atoms. The molecule has 0 N–H and O–H groups in total. The van der Waals surface area contributed by atoms with Crippen LogP contribution in [0.1, 0.15) is 33.4 Å². The quantitative estimate of drug-likeness (QED) is 0.139. The number of benzene rings is 9. The third kappa shape index (κ3) is 6.84. The molecule has 0 radical (unpaired) electrons. The topological polar surface area (TPSA) is 66.2 Å². The average Bonchev–Trinajstić information content (AvgIpc) is 4.35. The lowest BCUT2D eigenvalue weighted by molar-refractivity contribution is 0.541. The number of rotatable bonds is 8. The first-order valence-corrected chi connectivity index (χ1v) is 25.6. The molecule has 360 valence electrons. The van der Waals surface area contributed by atoms with Gasteiger partial charge in [0.05, 0.1) is 11.4 Å². The van der Waals surface area contributed by atoms with Gasteiger partial charge in [-0.3, -0.25) is 14.8 Å². The van der Waals surface area contributed by atoms with Crippen LogP contribution in [-0.2, 0) is 0 Å². The number of anilines is 7. The predicted octanol–water partition coefficient (Wildman–Crippen LogP) is 11.9. The monoisotopic (exact) mass is 971 g/mol. The van der Waals surface area contributed by atoms with Gasteiger partial charge in [-0.05, 0) is 99.3 Å². The number of nitrogens with zero attached hydrogens (tertiary/aromatic N) is 12. The van der Waals surface area contributed by atoms with Gasteiger partial charge < -0.3 is 29.1 Å². The molecule has 1 spiro atoms. The Balaban J connectivity index is 1.20. The third-order valence-electron chi connectivity index (χ3n) is 14.9. The van der Waals surface area contributed by atoms with Crippen molar-refractivity contribution in [3.63, 3.8) is 0 Å². The number of amidine groups is 3. The van der Waals surface area contributed by atoms with Crippen LogP contribution in [0.5, 0.6) is 0 Å². The van der Waals surface area contributed by atoms with E-state index in [4.69, 9.17) is 15.3 Å². The molecule has 15 heteroatoms. The van der Waals surface area contributed by atoms with Gasteiger partial charge in [0.15, 0.2) is 5.84 Å². The number of hydrazine groups is 2. The molecular formula is C60H50B3N12-. The SMILES string of the molecule is Cc1ccc(C2=NN(c3ccccc3)B3N2B2N(c4ccccc4)N=C(c4ccc(C)cc4)N2N2c4ccccc4N(c4ccccc4)N4C(c5ccc(C)cc5)=NN(c5ccccc5)[B@@-]42N3c2ccccc2)cc1. The van der Waals surface area contributed by atoms with Gasteiger partial charge in [-0.2, -0.15) is 15.3 Å². The first-order valence-electron chi connectivity index (χ1n) is 25.6. The molecule has 1 saturated heterocycles. The summed E-state index contributed by atoms with van der Waals surface area (Å²) in [6, 6.07) is 88.4. The molecule has 9 aromatic rings. The molecular weight excluding hydrogens is 921 g/mol. The molecule has 5 heterocycles. The van der Waals surface area contributed by atoms with E-state index in [0.29, 0.717) is 0 Å². The Hall–Kier alpha value is -9.62. The molecule has 0 amide bonds. The van der Waals surface area contributed by atoms with E-state index in [9.17, 15) is 0 Å². The maximum Gasteiger partial charge on any atom is 0.536 e. The molecule has 14 rings (SSSR count). The van der Waals surface area contributed by atoms with Crippen molar-refractivity contribution in [2.24, 2.45) is 15.3 Å². The smallest absolute Gasteiger partial charge is 0.494 e. The minimum Gasteiger partial charge on any atom is -0.494 e. The van der Waals surface area contributed by atoms with E-state index in [2.05, 4.69) is 313 Å². The molecule has 0 aliphatic carbocycles. The Bertz CT molecular complexity index is 3650. The van der Waals surface area contributed by atoms with Gasteiger partial charge in [0.1, 0.15) is 11.7 Å². The van der Waals surface area contributed by atoms with Crippen LogP contribution < -0.4 is 29.4 Å². The molecule has 0 aromatic heterocycles. The Kier molecular flexibility index (Phi) is 10.3. The number of hydrogen-bond acceptors (Lipinski definition) is 12. The normalized spacial score (nSPS) is 17.5. The molecule has 1 atom stereocenters. The highest BCUT2D eigenvalue weighted by Gasteiger charge is 2.72. The Morgan fingerprint density at radius 1 is 0.333 bits per heavy atom. The summed E-state index contributed by atoms with van der Waals surface area (Å²) in [5.41, 5.74) is 12.9. The Morgan fingerprint density at radius 3 is 1.25 bits per heavy atom. The van der Waals surface area contributed by atoms with Gasteiger partial charge >= 0.3 is 20.9 Å². The van der Waals surface area contributed by atoms with Crippen molar-refractivity contribution < 1.29 is 0 Å². The van der Waals surface area contributed by atoms with E-state index < -0.39 is 20.9 Å². The highest BCUT2D eigenvalue weighted by Crippen LogP contribution is 2.55. The molecule has 12 nitrogen and oxygen atoms in total. The summed E-state index contributed by atoms with van der Waals surface area (Å²) in [5.74, 6) is 2.28. The zero-order valence-corrected chi connectivity index (χ0v) is 41.8. The molecule has 0 bridgehead atoms. The van der Waals surface area contributed by atoms with Crippen molar-refractivity contribution in [2.45, 2.75) is 20.8 Å². The maximum atomic E-state index is 6.08. The summed E-state index contributed by atoms with van der Waals surface area (Å²) >= 11 is 0. The van der Waals surface area contributed by atoms with Crippen LogP contribution >= 0.6 is 0 Å². The van der Waals surface area contributed by atoms with Gasteiger partial charge in [-0.15, -0.1) is 0 Å². The van der Waals surface area contributed by atoms with Crippen LogP contribution in [0.4, 0.5) is 39.8 Å². The zero-order chi connectivity index (χ0) is 50.2. The highest BCUT2D eigenvalue weighted by molar-refractivity contribution is 7.04. The first kappa shape index (κ1) is 44.1. The average molecular weight is 972 g/mol. The lowest BCUT2D eigenvalue weighted by Crippen LogP contribution is -2.89. The fourth-order valence-electron chi connectivity index (χ4n) is 11.5. The van der Waals surface area contributed by atoms with E-state index in [-0.39, 0.29) is 0 Å². The van der Waals surface area contributed by atoms with E-state index in [1.54, 1.807) is 0 Å². The summed E-state index contributed by atoms with van der Waals surface area (Å²) in [6.45, 7) is 3.63. The minimum absolute atomic E-state index is 0.700. The van der Waals surface area contributed by atoms with Gasteiger partial charge in [0.25, 0.3) is 0 Å². The number of hydrazone groups is 3. The summed E-state index contributed by atoms with van der Waals surface area (Å²) < 4.78 is 5.08. The molecule has 0 saturated carbocycles. The maximum absolute atomic E-state index is 6.08. The summed E-state index contributed by atoms with van der Waals surface area (Å²) in [6.07, 6.45) is 0. The van der Waals surface area contributed by atoms with Crippen LogP contribution in [0, 0.1) is 20.8 Å². The third-order valence-corrected chi connectivity index (χ3v) is 14.9. The summed E-state index contributed by atoms with van der Waals surface area (Å²) in [5, 5.41) is 20.3. The largest absolute Gasteiger partial charge is 0.536 e. The fourth-order valence-corrected chi connectivity index (χ4v) is 11.5.